The Morgan fingerprint density at radius 1 is 1.30 bits per heavy atom. The zero-order chi connectivity index (χ0) is 14.2. The van der Waals surface area contributed by atoms with Crippen molar-refractivity contribution in [1.29, 1.82) is 0 Å². The molecule has 3 rings (SSSR count). The number of carboxylic acids is 1. The lowest BCUT2D eigenvalue weighted by atomic mass is 9.81. The van der Waals surface area contributed by atoms with E-state index >= 15 is 0 Å². The molecule has 0 aromatic carbocycles. The number of aliphatic carboxylic acids is 1. The molecule has 3 fully saturated rings. The summed E-state index contributed by atoms with van der Waals surface area (Å²) in [4.78, 5) is 25.5. The fraction of sp³-hybridized carbons (Fsp3) is 0.857. The average molecular weight is 282 g/mol. The van der Waals surface area contributed by atoms with Crippen molar-refractivity contribution >= 4 is 12.0 Å². The second kappa shape index (κ2) is 5.24. The van der Waals surface area contributed by atoms with Crippen LogP contribution in [0.4, 0.5) is 4.79 Å². The summed E-state index contributed by atoms with van der Waals surface area (Å²) in [6, 6.07) is -0.0620. The molecule has 0 unspecified atom stereocenters. The van der Waals surface area contributed by atoms with Gasteiger partial charge in [0.05, 0.1) is 18.1 Å². The molecule has 2 aliphatic heterocycles. The number of carbonyl (C=O) groups is 2. The quantitative estimate of drug-likeness (QED) is 0.794. The Hall–Kier alpha value is -1.30. The fourth-order valence-corrected chi connectivity index (χ4v) is 3.91. The number of urea groups is 1. The van der Waals surface area contributed by atoms with Gasteiger partial charge >= 0.3 is 12.0 Å². The van der Waals surface area contributed by atoms with E-state index in [-0.39, 0.29) is 18.0 Å². The van der Waals surface area contributed by atoms with Gasteiger partial charge in [-0.15, -0.1) is 0 Å². The molecule has 2 saturated heterocycles. The summed E-state index contributed by atoms with van der Waals surface area (Å²) in [6.45, 7) is 2.26. The molecule has 2 amide bonds. The maximum Gasteiger partial charge on any atom is 0.317 e. The Labute approximate surface area is 118 Å². The Balaban J connectivity index is 1.61. The van der Waals surface area contributed by atoms with Gasteiger partial charge in [-0.05, 0) is 31.6 Å². The molecular weight excluding hydrogens is 260 g/mol. The molecule has 0 aromatic heterocycles. The third-order valence-corrected chi connectivity index (χ3v) is 5.07. The zero-order valence-corrected chi connectivity index (χ0v) is 11.6. The first-order valence-corrected chi connectivity index (χ1v) is 7.48. The number of fused-ring (bicyclic) bond motifs is 1. The van der Waals surface area contributed by atoms with Crippen LogP contribution in [0.1, 0.15) is 32.1 Å². The molecule has 2 heterocycles. The monoisotopic (exact) mass is 282 g/mol. The van der Waals surface area contributed by atoms with E-state index in [9.17, 15) is 14.7 Å². The van der Waals surface area contributed by atoms with E-state index in [1.54, 1.807) is 4.90 Å². The van der Waals surface area contributed by atoms with Gasteiger partial charge in [-0.2, -0.15) is 0 Å². The van der Waals surface area contributed by atoms with Gasteiger partial charge in [-0.25, -0.2) is 4.79 Å². The second-order valence-corrected chi connectivity index (χ2v) is 6.29. The molecule has 112 valence electrons. The van der Waals surface area contributed by atoms with Crippen molar-refractivity contribution in [3.8, 4) is 0 Å². The molecule has 0 aromatic rings. The van der Waals surface area contributed by atoms with Crippen molar-refractivity contribution in [2.24, 2.45) is 11.3 Å². The Morgan fingerprint density at radius 2 is 2.15 bits per heavy atom. The zero-order valence-electron chi connectivity index (χ0n) is 11.6. The highest BCUT2D eigenvalue weighted by Crippen LogP contribution is 2.48. The number of nitrogens with one attached hydrogen (secondary N) is 1. The fourth-order valence-electron chi connectivity index (χ4n) is 3.91. The Kier molecular flexibility index (Phi) is 3.58. The standard InChI is InChI=1S/C14H22N2O4/c17-12(18)14-5-1-3-10(14)7-16(9-14)13(19)15-11-4-2-6-20-8-11/h10-11H,1-9H2,(H,15,19)(H,17,18)/t10-,11-,14+/m0/s1. The van der Waals surface area contributed by atoms with Gasteiger partial charge in [0.2, 0.25) is 0 Å². The maximum atomic E-state index is 12.3. The molecular formula is C14H22N2O4. The lowest BCUT2D eigenvalue weighted by molar-refractivity contribution is -0.149. The van der Waals surface area contributed by atoms with Crippen molar-refractivity contribution in [3.05, 3.63) is 0 Å². The second-order valence-electron chi connectivity index (χ2n) is 6.29. The smallest absolute Gasteiger partial charge is 0.317 e. The molecule has 1 saturated carbocycles. The van der Waals surface area contributed by atoms with E-state index in [4.69, 9.17) is 4.74 Å². The van der Waals surface area contributed by atoms with Gasteiger partial charge in [0.1, 0.15) is 0 Å². The first-order valence-electron chi connectivity index (χ1n) is 7.48. The minimum Gasteiger partial charge on any atom is -0.481 e. The number of likely N-dealkylation sites (tertiary alicyclic amines) is 1. The van der Waals surface area contributed by atoms with Crippen LogP contribution >= 0.6 is 0 Å². The molecule has 0 bridgehead atoms. The van der Waals surface area contributed by atoms with Crippen molar-refractivity contribution < 1.29 is 19.4 Å². The van der Waals surface area contributed by atoms with Gasteiger partial charge in [0.25, 0.3) is 0 Å². The molecule has 0 radical (unpaired) electrons. The van der Waals surface area contributed by atoms with Gasteiger partial charge in [-0.1, -0.05) is 6.42 Å². The Bertz CT molecular complexity index is 408. The van der Waals surface area contributed by atoms with Crippen LogP contribution < -0.4 is 5.32 Å². The largest absolute Gasteiger partial charge is 0.481 e. The lowest BCUT2D eigenvalue weighted by Gasteiger charge is -2.27. The number of rotatable bonds is 2. The summed E-state index contributed by atoms with van der Waals surface area (Å²) >= 11 is 0. The van der Waals surface area contributed by atoms with Crippen LogP contribution in [0.5, 0.6) is 0 Å². The van der Waals surface area contributed by atoms with Crippen LogP contribution in [0.2, 0.25) is 0 Å². The number of ether oxygens (including phenoxy) is 1. The van der Waals surface area contributed by atoms with E-state index in [1.807, 2.05) is 0 Å². The number of hydrogen-bond donors (Lipinski definition) is 2. The summed E-state index contributed by atoms with van der Waals surface area (Å²) in [5, 5.41) is 12.5. The highest BCUT2D eigenvalue weighted by Gasteiger charge is 2.55. The summed E-state index contributed by atoms with van der Waals surface area (Å²) in [6.07, 6.45) is 4.48. The number of nitrogens with zero attached hydrogens (tertiary/aromatic N) is 1. The maximum absolute atomic E-state index is 12.3. The molecule has 1 aliphatic carbocycles. The number of carboxylic acid groups (broad SMARTS) is 1. The SMILES string of the molecule is O=C(N[C@H]1CCCOC1)N1C[C@@H]2CCC[C@@]2(C(=O)O)C1. The topological polar surface area (TPSA) is 78.9 Å². The number of amides is 2. The first-order chi connectivity index (χ1) is 9.62. The summed E-state index contributed by atoms with van der Waals surface area (Å²) in [5.74, 6) is -0.621. The third-order valence-electron chi connectivity index (χ3n) is 5.07. The van der Waals surface area contributed by atoms with Crippen LogP contribution in [-0.2, 0) is 9.53 Å². The minimum absolute atomic E-state index is 0.0671. The molecule has 3 aliphatic rings. The number of hydrogen-bond acceptors (Lipinski definition) is 3. The molecule has 2 N–H and O–H groups in total. The molecule has 20 heavy (non-hydrogen) atoms. The van der Waals surface area contributed by atoms with Crippen LogP contribution in [0.3, 0.4) is 0 Å². The van der Waals surface area contributed by atoms with Gasteiger partial charge < -0.3 is 20.1 Å². The third kappa shape index (κ3) is 2.26. The summed E-state index contributed by atoms with van der Waals surface area (Å²) in [5.41, 5.74) is -0.694. The number of carbonyl (C=O) groups excluding carboxylic acids is 1. The van der Waals surface area contributed by atoms with Crippen molar-refractivity contribution in [2.75, 3.05) is 26.3 Å². The Morgan fingerprint density at radius 3 is 2.80 bits per heavy atom. The van der Waals surface area contributed by atoms with E-state index in [0.717, 1.165) is 32.3 Å². The van der Waals surface area contributed by atoms with Crippen LogP contribution in [0, 0.1) is 11.3 Å². The van der Waals surface area contributed by atoms with Gasteiger partial charge in [-0.3, -0.25) is 4.79 Å². The van der Waals surface area contributed by atoms with E-state index < -0.39 is 11.4 Å². The normalized spacial score (nSPS) is 36.7. The summed E-state index contributed by atoms with van der Waals surface area (Å²) < 4.78 is 5.35. The van der Waals surface area contributed by atoms with E-state index in [2.05, 4.69) is 5.32 Å². The van der Waals surface area contributed by atoms with Crippen LogP contribution in [0.15, 0.2) is 0 Å². The average Bonchev–Trinajstić information content (AvgIpc) is 2.97. The van der Waals surface area contributed by atoms with Crippen molar-refractivity contribution in [1.82, 2.24) is 10.2 Å². The van der Waals surface area contributed by atoms with Crippen LogP contribution in [-0.4, -0.2) is 54.4 Å². The predicted molar refractivity (Wildman–Crippen MR) is 71.4 cm³/mol. The van der Waals surface area contributed by atoms with Crippen LogP contribution in [0.25, 0.3) is 0 Å². The van der Waals surface area contributed by atoms with Gasteiger partial charge in [0, 0.05) is 19.7 Å². The summed E-state index contributed by atoms with van der Waals surface area (Å²) in [7, 11) is 0. The predicted octanol–water partition coefficient (Wildman–Crippen LogP) is 1.06. The molecule has 6 nitrogen and oxygen atoms in total. The molecule has 0 spiro atoms. The highest BCUT2D eigenvalue weighted by atomic mass is 16.5. The van der Waals surface area contributed by atoms with Crippen molar-refractivity contribution in [3.63, 3.8) is 0 Å². The van der Waals surface area contributed by atoms with Gasteiger partial charge in [0.15, 0.2) is 0 Å². The lowest BCUT2D eigenvalue weighted by Crippen LogP contribution is -2.48. The molecule has 3 atom stereocenters. The van der Waals surface area contributed by atoms with E-state index in [0.29, 0.717) is 26.1 Å². The van der Waals surface area contributed by atoms with E-state index in [1.165, 1.54) is 0 Å². The van der Waals surface area contributed by atoms with Crippen molar-refractivity contribution in [2.45, 2.75) is 38.1 Å². The highest BCUT2D eigenvalue weighted by molar-refractivity contribution is 5.80. The minimum atomic E-state index is -0.740. The first kappa shape index (κ1) is 13.7. The molecule has 6 heteroatoms.